The fourth-order valence-electron chi connectivity index (χ4n) is 2.31. The molecule has 0 spiro atoms. The van der Waals surface area contributed by atoms with E-state index in [9.17, 15) is 4.79 Å². The van der Waals surface area contributed by atoms with Crippen molar-refractivity contribution in [2.24, 2.45) is 5.92 Å². The molecule has 1 N–H and O–H groups in total. The molecule has 1 amide bonds. The van der Waals surface area contributed by atoms with Gasteiger partial charge in [0.05, 0.1) is 11.6 Å². The second-order valence-corrected chi connectivity index (χ2v) is 6.40. The molecule has 4 nitrogen and oxygen atoms in total. The molecule has 1 aliphatic heterocycles. The van der Waals surface area contributed by atoms with Crippen LogP contribution in [0.15, 0.2) is 29.6 Å². The molecule has 1 unspecified atom stereocenters. The van der Waals surface area contributed by atoms with E-state index in [0.29, 0.717) is 24.1 Å². The number of hydrogen-bond acceptors (Lipinski definition) is 4. The second-order valence-electron chi connectivity index (χ2n) is 5.54. The third-order valence-corrected chi connectivity index (χ3v) is 4.37. The van der Waals surface area contributed by atoms with Crippen molar-refractivity contribution in [3.8, 4) is 5.75 Å². The number of fused-ring (bicyclic) bond motifs is 1. The molecule has 1 aromatic heterocycles. The summed E-state index contributed by atoms with van der Waals surface area (Å²) >= 11 is 1.47. The van der Waals surface area contributed by atoms with Crippen molar-refractivity contribution in [3.05, 3.63) is 40.9 Å². The molecule has 5 heteroatoms. The molecule has 0 bridgehead atoms. The largest absolute Gasteiger partial charge is 0.492 e. The number of carbonyl (C=O) groups is 1. The third kappa shape index (κ3) is 3.08. The Morgan fingerprint density at radius 3 is 3.00 bits per heavy atom. The Labute approximate surface area is 128 Å². The standard InChI is InChI=1S/C16H18N2O2S/c1-10(2)13-9-21-16(17-13)18-15(19)12-7-11-5-3-4-6-14(11)20-8-12/h3-6,9-10,12H,7-8H2,1-2H3,(H,17,18,19). The first-order valence-electron chi connectivity index (χ1n) is 7.10. The highest BCUT2D eigenvalue weighted by atomic mass is 32.1. The number of nitrogens with zero attached hydrogens (tertiary/aromatic N) is 1. The first-order chi connectivity index (χ1) is 10.1. The van der Waals surface area contributed by atoms with Gasteiger partial charge in [-0.1, -0.05) is 32.0 Å². The van der Waals surface area contributed by atoms with Crippen LogP contribution in [0.5, 0.6) is 5.75 Å². The van der Waals surface area contributed by atoms with E-state index in [0.717, 1.165) is 17.0 Å². The summed E-state index contributed by atoms with van der Waals surface area (Å²) in [5.74, 6) is 1.08. The molecule has 1 atom stereocenters. The molecule has 0 fully saturated rings. The van der Waals surface area contributed by atoms with Crippen molar-refractivity contribution in [2.75, 3.05) is 11.9 Å². The van der Waals surface area contributed by atoms with E-state index >= 15 is 0 Å². The van der Waals surface area contributed by atoms with Gasteiger partial charge in [0.25, 0.3) is 0 Å². The van der Waals surface area contributed by atoms with Crippen LogP contribution in [0.3, 0.4) is 0 Å². The number of thiazole rings is 1. The van der Waals surface area contributed by atoms with Crippen LogP contribution in [0.2, 0.25) is 0 Å². The molecule has 0 radical (unpaired) electrons. The monoisotopic (exact) mass is 302 g/mol. The minimum Gasteiger partial charge on any atom is -0.492 e. The predicted octanol–water partition coefficient (Wildman–Crippen LogP) is 3.46. The van der Waals surface area contributed by atoms with Crippen molar-refractivity contribution in [2.45, 2.75) is 26.2 Å². The zero-order valence-electron chi connectivity index (χ0n) is 12.1. The quantitative estimate of drug-likeness (QED) is 0.944. The average molecular weight is 302 g/mol. The van der Waals surface area contributed by atoms with Crippen molar-refractivity contribution in [1.29, 1.82) is 0 Å². The fourth-order valence-corrected chi connectivity index (χ4v) is 3.19. The molecule has 0 aliphatic carbocycles. The minimum atomic E-state index is -0.161. The van der Waals surface area contributed by atoms with E-state index in [-0.39, 0.29) is 11.8 Å². The Kier molecular flexibility index (Phi) is 3.92. The number of aromatic nitrogens is 1. The summed E-state index contributed by atoms with van der Waals surface area (Å²) in [5, 5.41) is 5.57. The second kappa shape index (κ2) is 5.85. The zero-order valence-corrected chi connectivity index (χ0v) is 12.9. The number of para-hydroxylation sites is 1. The van der Waals surface area contributed by atoms with Crippen molar-refractivity contribution < 1.29 is 9.53 Å². The number of hydrogen-bond donors (Lipinski definition) is 1. The number of amides is 1. The van der Waals surface area contributed by atoms with Crippen LogP contribution >= 0.6 is 11.3 Å². The van der Waals surface area contributed by atoms with Crippen LogP contribution < -0.4 is 10.1 Å². The summed E-state index contributed by atoms with van der Waals surface area (Å²) in [5.41, 5.74) is 2.10. The van der Waals surface area contributed by atoms with Gasteiger partial charge in [-0.2, -0.15) is 0 Å². The molecule has 2 aromatic rings. The number of nitrogens with one attached hydrogen (secondary N) is 1. The zero-order chi connectivity index (χ0) is 14.8. The third-order valence-electron chi connectivity index (χ3n) is 3.59. The highest BCUT2D eigenvalue weighted by molar-refractivity contribution is 7.13. The Morgan fingerprint density at radius 2 is 2.24 bits per heavy atom. The van der Waals surface area contributed by atoms with Gasteiger partial charge in [-0.3, -0.25) is 4.79 Å². The molecular formula is C16H18N2O2S. The molecule has 0 saturated carbocycles. The molecule has 1 aliphatic rings. The number of rotatable bonds is 3. The van der Waals surface area contributed by atoms with E-state index in [1.807, 2.05) is 29.6 Å². The van der Waals surface area contributed by atoms with Crippen LogP contribution in [0.25, 0.3) is 0 Å². The van der Waals surface area contributed by atoms with Crippen LogP contribution in [0, 0.1) is 5.92 Å². The van der Waals surface area contributed by atoms with Gasteiger partial charge >= 0.3 is 0 Å². The van der Waals surface area contributed by atoms with Gasteiger partial charge in [0, 0.05) is 5.38 Å². The molecule has 1 aromatic carbocycles. The van der Waals surface area contributed by atoms with Gasteiger partial charge in [-0.25, -0.2) is 4.98 Å². The van der Waals surface area contributed by atoms with Crippen LogP contribution in [0.4, 0.5) is 5.13 Å². The summed E-state index contributed by atoms with van der Waals surface area (Å²) < 4.78 is 5.66. The van der Waals surface area contributed by atoms with E-state index in [2.05, 4.69) is 24.1 Å². The SMILES string of the molecule is CC(C)c1csc(NC(=O)C2COc3ccccc3C2)n1. The molecule has 21 heavy (non-hydrogen) atoms. The lowest BCUT2D eigenvalue weighted by Gasteiger charge is -2.24. The van der Waals surface area contributed by atoms with Crippen molar-refractivity contribution in [1.82, 2.24) is 4.98 Å². The average Bonchev–Trinajstić information content (AvgIpc) is 2.95. The van der Waals surface area contributed by atoms with Gasteiger partial charge in [0.2, 0.25) is 5.91 Å². The minimum absolute atomic E-state index is 0.0193. The maximum absolute atomic E-state index is 12.3. The fraction of sp³-hybridized carbons (Fsp3) is 0.375. The number of ether oxygens (including phenoxy) is 1. The summed E-state index contributed by atoms with van der Waals surface area (Å²) in [7, 11) is 0. The summed E-state index contributed by atoms with van der Waals surface area (Å²) in [6, 6.07) is 7.87. The lowest BCUT2D eigenvalue weighted by molar-refractivity contribution is -0.121. The van der Waals surface area contributed by atoms with Crippen molar-refractivity contribution in [3.63, 3.8) is 0 Å². The summed E-state index contributed by atoms with van der Waals surface area (Å²) in [4.78, 5) is 16.8. The topological polar surface area (TPSA) is 51.2 Å². The summed E-state index contributed by atoms with van der Waals surface area (Å²) in [6.45, 7) is 4.60. The Morgan fingerprint density at radius 1 is 1.43 bits per heavy atom. The molecule has 2 heterocycles. The first kappa shape index (κ1) is 14.1. The van der Waals surface area contributed by atoms with Crippen LogP contribution in [0.1, 0.15) is 31.0 Å². The smallest absolute Gasteiger partial charge is 0.233 e. The molecule has 0 saturated heterocycles. The van der Waals surface area contributed by atoms with Gasteiger partial charge in [0.1, 0.15) is 12.4 Å². The van der Waals surface area contributed by atoms with E-state index < -0.39 is 0 Å². The lowest BCUT2D eigenvalue weighted by atomic mass is 9.96. The molecular weight excluding hydrogens is 284 g/mol. The number of carbonyl (C=O) groups excluding carboxylic acids is 1. The molecule has 110 valence electrons. The van der Waals surface area contributed by atoms with Crippen LogP contribution in [-0.2, 0) is 11.2 Å². The van der Waals surface area contributed by atoms with Gasteiger partial charge in [-0.05, 0) is 24.0 Å². The van der Waals surface area contributed by atoms with E-state index in [4.69, 9.17) is 4.74 Å². The summed E-state index contributed by atoms with van der Waals surface area (Å²) in [6.07, 6.45) is 0.713. The Bertz CT molecular complexity index is 651. The van der Waals surface area contributed by atoms with Crippen molar-refractivity contribution >= 4 is 22.4 Å². The first-order valence-corrected chi connectivity index (χ1v) is 7.98. The van der Waals surface area contributed by atoms with Gasteiger partial charge in [0.15, 0.2) is 5.13 Å². The Balaban J connectivity index is 1.66. The maximum atomic E-state index is 12.3. The predicted molar refractivity (Wildman–Crippen MR) is 84.0 cm³/mol. The molecule has 3 rings (SSSR count). The van der Waals surface area contributed by atoms with E-state index in [1.165, 1.54) is 11.3 Å². The lowest BCUT2D eigenvalue weighted by Crippen LogP contribution is -2.32. The van der Waals surface area contributed by atoms with Crippen LogP contribution in [-0.4, -0.2) is 17.5 Å². The Hall–Kier alpha value is -1.88. The normalized spacial score (nSPS) is 17.2. The van der Waals surface area contributed by atoms with Gasteiger partial charge < -0.3 is 10.1 Å². The highest BCUT2D eigenvalue weighted by Gasteiger charge is 2.26. The number of anilines is 1. The maximum Gasteiger partial charge on any atom is 0.233 e. The highest BCUT2D eigenvalue weighted by Crippen LogP contribution is 2.28. The van der Waals surface area contributed by atoms with Gasteiger partial charge in [-0.15, -0.1) is 11.3 Å². The van der Waals surface area contributed by atoms with E-state index in [1.54, 1.807) is 0 Å². The number of benzene rings is 1.